The first kappa shape index (κ1) is 30.2. The van der Waals surface area contributed by atoms with E-state index in [0.29, 0.717) is 5.56 Å². The largest absolute Gasteiger partial charge is 0.355 e. The molecule has 0 fully saturated rings. The van der Waals surface area contributed by atoms with E-state index in [0.717, 1.165) is 83.9 Å². The standard InChI is InChI=1S/C46H32N4O/c1-30(51)42-41-29-37-25-24-35(48-37)26-34-22-23-36(47-34)27-38-28-40(31-14-6-2-7-15-31)45(49-38)44(33-18-10-4-11-19-33)46(43(42)32-16-8-3-9-17-32)50(41)39-20-12-5-13-21-39/h2-29,47H,1H3. The lowest BCUT2D eigenvalue weighted by molar-refractivity contribution is 0.102. The normalized spacial score (nSPS) is 12.1. The fourth-order valence-electron chi connectivity index (χ4n) is 7.19. The van der Waals surface area contributed by atoms with E-state index in [4.69, 9.17) is 9.97 Å². The number of Topliss-reactive ketones (excluding diaryl/α,β-unsaturated/α-hetero) is 1. The van der Waals surface area contributed by atoms with Crippen molar-refractivity contribution in [3.8, 4) is 27.9 Å². The topological polar surface area (TPSA) is 63.6 Å². The van der Waals surface area contributed by atoms with Crippen LogP contribution in [0.5, 0.6) is 0 Å². The summed E-state index contributed by atoms with van der Waals surface area (Å²) in [4.78, 5) is 28.2. The molecule has 0 aliphatic carbocycles. The van der Waals surface area contributed by atoms with Crippen molar-refractivity contribution in [1.82, 2.24) is 19.5 Å². The van der Waals surface area contributed by atoms with Crippen LogP contribution in [0.15, 0.2) is 152 Å². The second kappa shape index (κ2) is 12.6. The summed E-state index contributed by atoms with van der Waals surface area (Å²) in [5, 5.41) is 0. The van der Waals surface area contributed by atoms with Gasteiger partial charge in [-0.05, 0) is 84.3 Å². The van der Waals surface area contributed by atoms with Crippen molar-refractivity contribution in [1.29, 1.82) is 0 Å². The first-order valence-electron chi connectivity index (χ1n) is 17.0. The van der Waals surface area contributed by atoms with Gasteiger partial charge in [0.25, 0.3) is 0 Å². The molecular weight excluding hydrogens is 625 g/mol. The second-order valence-corrected chi connectivity index (χ2v) is 12.7. The zero-order chi connectivity index (χ0) is 34.3. The van der Waals surface area contributed by atoms with Crippen molar-refractivity contribution in [2.24, 2.45) is 0 Å². The number of nitrogens with zero attached hydrogens (tertiary/aromatic N) is 3. The molecule has 4 aromatic carbocycles. The lowest BCUT2D eigenvalue weighted by atomic mass is 9.92. The zero-order valence-corrected chi connectivity index (χ0v) is 27.9. The third-order valence-corrected chi connectivity index (χ3v) is 9.35. The lowest BCUT2D eigenvalue weighted by Gasteiger charge is -2.15. The molecule has 2 aliphatic rings. The molecule has 2 aliphatic heterocycles. The maximum atomic E-state index is 14.2. The van der Waals surface area contributed by atoms with E-state index < -0.39 is 0 Å². The third-order valence-electron chi connectivity index (χ3n) is 9.35. The number of aromatic amines is 1. The van der Waals surface area contributed by atoms with Gasteiger partial charge < -0.3 is 9.55 Å². The highest BCUT2D eigenvalue weighted by Gasteiger charge is 2.28. The minimum absolute atomic E-state index is 0.0360. The molecule has 3 aromatic heterocycles. The van der Waals surface area contributed by atoms with Crippen LogP contribution in [0.1, 0.15) is 45.6 Å². The van der Waals surface area contributed by atoms with Crippen molar-refractivity contribution in [3.63, 3.8) is 0 Å². The average Bonchev–Trinajstić information content (AvgIpc) is 3.97. The third kappa shape index (κ3) is 5.51. The van der Waals surface area contributed by atoms with Crippen LogP contribution in [0.3, 0.4) is 0 Å². The summed E-state index contributed by atoms with van der Waals surface area (Å²) in [6.45, 7) is 1.66. The monoisotopic (exact) mass is 656 g/mol. The smallest absolute Gasteiger partial charge is 0.162 e. The Morgan fingerprint density at radius 1 is 0.569 bits per heavy atom. The molecule has 8 bridgehead atoms. The van der Waals surface area contributed by atoms with Gasteiger partial charge in [-0.3, -0.25) is 4.79 Å². The summed E-state index contributed by atoms with van der Waals surface area (Å²) in [5.74, 6) is -0.0360. The molecule has 7 aromatic rings. The molecule has 5 nitrogen and oxygen atoms in total. The van der Waals surface area contributed by atoms with Gasteiger partial charge >= 0.3 is 0 Å². The molecule has 0 amide bonds. The highest BCUT2D eigenvalue weighted by atomic mass is 16.1. The van der Waals surface area contributed by atoms with Crippen LogP contribution < -0.4 is 0 Å². The van der Waals surface area contributed by atoms with Gasteiger partial charge in [-0.1, -0.05) is 109 Å². The van der Waals surface area contributed by atoms with Crippen LogP contribution in [-0.2, 0) is 0 Å². The van der Waals surface area contributed by atoms with Gasteiger partial charge in [-0.2, -0.15) is 0 Å². The fraction of sp³-hybridized carbons (Fsp3) is 0.0217. The molecule has 0 spiro atoms. The van der Waals surface area contributed by atoms with Gasteiger partial charge in [-0.15, -0.1) is 0 Å². The van der Waals surface area contributed by atoms with Crippen LogP contribution in [0.4, 0.5) is 0 Å². The first-order valence-corrected chi connectivity index (χ1v) is 17.0. The van der Waals surface area contributed by atoms with Crippen molar-refractivity contribution in [2.75, 3.05) is 0 Å². The van der Waals surface area contributed by atoms with E-state index >= 15 is 0 Å². The number of nitrogens with one attached hydrogen (secondary N) is 1. The van der Waals surface area contributed by atoms with E-state index in [1.54, 1.807) is 6.92 Å². The lowest BCUT2D eigenvalue weighted by Crippen LogP contribution is -1.99. The van der Waals surface area contributed by atoms with Crippen molar-refractivity contribution < 1.29 is 4.79 Å². The number of ketones is 1. The van der Waals surface area contributed by atoms with Gasteiger partial charge in [0.05, 0.1) is 39.4 Å². The summed E-state index contributed by atoms with van der Waals surface area (Å²) in [6.07, 6.45) is 6.18. The van der Waals surface area contributed by atoms with Crippen molar-refractivity contribution in [3.05, 3.63) is 186 Å². The molecule has 0 unspecified atom stereocenters. The number of para-hydroxylation sites is 1. The van der Waals surface area contributed by atoms with Crippen molar-refractivity contribution >= 4 is 51.7 Å². The summed E-state index contributed by atoms with van der Waals surface area (Å²) in [5.41, 5.74) is 14.0. The molecule has 242 valence electrons. The number of aromatic nitrogens is 4. The number of benzene rings is 4. The van der Waals surface area contributed by atoms with E-state index in [9.17, 15) is 4.79 Å². The number of carbonyl (C=O) groups is 1. The molecular formula is C46H32N4O. The molecule has 0 saturated heterocycles. The van der Waals surface area contributed by atoms with Crippen LogP contribution in [0, 0.1) is 0 Å². The summed E-state index contributed by atoms with van der Waals surface area (Å²) >= 11 is 0. The maximum Gasteiger partial charge on any atom is 0.162 e. The van der Waals surface area contributed by atoms with Gasteiger partial charge in [0.2, 0.25) is 0 Å². The SMILES string of the molecule is CC(=O)c1c(-c2ccccc2)c2c(-c3ccccc3)c3nc(cc4ccc(cc5nc(cc1n2-c1ccccc1)C=C5)[nH]4)C=C3c1ccccc1. The molecule has 5 heteroatoms. The zero-order valence-electron chi connectivity index (χ0n) is 27.9. The second-order valence-electron chi connectivity index (χ2n) is 12.7. The van der Waals surface area contributed by atoms with E-state index in [1.807, 2.05) is 72.8 Å². The Morgan fingerprint density at radius 3 is 1.71 bits per heavy atom. The number of H-pyrrole nitrogens is 1. The molecule has 1 N–H and O–H groups in total. The first-order chi connectivity index (χ1) is 25.1. The van der Waals surface area contributed by atoms with Crippen LogP contribution in [0.25, 0.3) is 73.8 Å². The predicted octanol–water partition coefficient (Wildman–Crippen LogP) is 11.1. The van der Waals surface area contributed by atoms with E-state index in [-0.39, 0.29) is 5.78 Å². The molecule has 51 heavy (non-hydrogen) atoms. The summed E-state index contributed by atoms with van der Waals surface area (Å²) in [7, 11) is 0. The highest BCUT2D eigenvalue weighted by Crippen LogP contribution is 2.45. The van der Waals surface area contributed by atoms with Crippen LogP contribution >= 0.6 is 0 Å². The number of fused-ring (bicyclic) bond motifs is 8. The average molecular weight is 657 g/mol. The van der Waals surface area contributed by atoms with Crippen LogP contribution in [-0.4, -0.2) is 25.3 Å². The highest BCUT2D eigenvalue weighted by molar-refractivity contribution is 6.16. The fourth-order valence-corrected chi connectivity index (χ4v) is 7.19. The van der Waals surface area contributed by atoms with Gasteiger partial charge in [0, 0.05) is 33.4 Å². The molecule has 0 saturated carbocycles. The Morgan fingerprint density at radius 2 is 1.10 bits per heavy atom. The van der Waals surface area contributed by atoms with Crippen molar-refractivity contribution in [2.45, 2.75) is 6.92 Å². The predicted molar refractivity (Wildman–Crippen MR) is 209 cm³/mol. The Balaban J connectivity index is 1.61. The number of carbonyl (C=O) groups excluding carboxylic acids is 1. The van der Waals surface area contributed by atoms with Crippen LogP contribution in [0.2, 0.25) is 0 Å². The number of rotatable bonds is 5. The summed E-state index contributed by atoms with van der Waals surface area (Å²) < 4.78 is 2.23. The molecule has 0 radical (unpaired) electrons. The Labute approximate surface area is 295 Å². The maximum absolute atomic E-state index is 14.2. The van der Waals surface area contributed by atoms with Gasteiger partial charge in [-0.25, -0.2) is 9.97 Å². The van der Waals surface area contributed by atoms with E-state index in [1.165, 1.54) is 0 Å². The van der Waals surface area contributed by atoms with Gasteiger partial charge in [0.1, 0.15) is 0 Å². The summed E-state index contributed by atoms with van der Waals surface area (Å²) in [6, 6.07) is 51.6. The Kier molecular flexibility index (Phi) is 7.44. The number of hydrogen-bond acceptors (Lipinski definition) is 3. The molecule has 5 heterocycles. The number of hydrogen-bond donors (Lipinski definition) is 1. The quantitative estimate of drug-likeness (QED) is 0.188. The van der Waals surface area contributed by atoms with Gasteiger partial charge in [0.15, 0.2) is 5.78 Å². The minimum atomic E-state index is -0.0360. The molecule has 0 atom stereocenters. The Hall–Kier alpha value is -6.85. The minimum Gasteiger partial charge on any atom is -0.355 e. The Bertz CT molecular complexity index is 2690. The van der Waals surface area contributed by atoms with E-state index in [2.05, 4.69) is 107 Å². The molecule has 9 rings (SSSR count).